The number of ether oxygens (including phenoxy) is 2. The first-order valence-corrected chi connectivity index (χ1v) is 9.07. The second-order valence-electron chi connectivity index (χ2n) is 6.26. The van der Waals surface area contributed by atoms with Gasteiger partial charge in [0.2, 0.25) is 0 Å². The molecule has 3 aromatic rings. The average molecular weight is 402 g/mol. The van der Waals surface area contributed by atoms with Gasteiger partial charge in [0, 0.05) is 30.1 Å². The van der Waals surface area contributed by atoms with Crippen LogP contribution in [-0.2, 0) is 0 Å². The summed E-state index contributed by atoms with van der Waals surface area (Å²) in [7, 11) is 1.52. The lowest BCUT2D eigenvalue weighted by Crippen LogP contribution is -2.24. The van der Waals surface area contributed by atoms with Crippen molar-refractivity contribution < 1.29 is 24.1 Å². The molecule has 4 N–H and O–H groups in total. The number of anilines is 2. The second kappa shape index (κ2) is 9.35. The maximum Gasteiger partial charge on any atom is 0.163 e. The molecular formula is C20H23FN4O4. The summed E-state index contributed by atoms with van der Waals surface area (Å²) in [6.45, 7) is 3.11. The van der Waals surface area contributed by atoms with Crippen LogP contribution in [0.5, 0.6) is 17.2 Å². The van der Waals surface area contributed by atoms with Crippen molar-refractivity contribution >= 4 is 22.4 Å². The fourth-order valence-electron chi connectivity index (χ4n) is 2.81. The normalized spacial score (nSPS) is 10.9. The van der Waals surface area contributed by atoms with E-state index in [9.17, 15) is 9.50 Å². The van der Waals surface area contributed by atoms with E-state index in [4.69, 9.17) is 14.6 Å². The number of aromatic hydroxyl groups is 1. The van der Waals surface area contributed by atoms with Crippen molar-refractivity contribution in [1.29, 1.82) is 0 Å². The molecule has 0 bridgehead atoms. The third-order valence-corrected chi connectivity index (χ3v) is 4.37. The molecule has 1 aromatic heterocycles. The number of hydrogen-bond acceptors (Lipinski definition) is 8. The number of aliphatic hydroxyl groups excluding tert-OH is 1. The summed E-state index contributed by atoms with van der Waals surface area (Å²) in [4.78, 5) is 8.48. The molecule has 0 fully saturated rings. The first-order chi connectivity index (χ1) is 14.0. The number of hydrogen-bond donors (Lipinski definition) is 4. The summed E-state index contributed by atoms with van der Waals surface area (Å²) >= 11 is 0. The minimum atomic E-state index is -0.505. The quantitative estimate of drug-likeness (QED) is 0.404. The summed E-state index contributed by atoms with van der Waals surface area (Å²) in [6.07, 6.45) is 1.36. The third kappa shape index (κ3) is 4.64. The molecule has 0 atom stereocenters. The SMILES string of the molecule is COc1cc2c(Nc3c(F)ccc(O)c3C)ncnc2cc1OCCNCCO. The molecule has 1 heterocycles. The molecule has 0 aliphatic heterocycles. The highest BCUT2D eigenvalue weighted by Crippen LogP contribution is 2.36. The van der Waals surface area contributed by atoms with Gasteiger partial charge in [-0.15, -0.1) is 0 Å². The zero-order chi connectivity index (χ0) is 20.8. The van der Waals surface area contributed by atoms with Gasteiger partial charge in [-0.05, 0) is 25.1 Å². The minimum Gasteiger partial charge on any atom is -0.508 e. The molecule has 2 aromatic carbocycles. The summed E-state index contributed by atoms with van der Waals surface area (Å²) < 4.78 is 25.4. The van der Waals surface area contributed by atoms with Gasteiger partial charge in [-0.3, -0.25) is 0 Å². The van der Waals surface area contributed by atoms with E-state index in [-0.39, 0.29) is 18.0 Å². The van der Waals surface area contributed by atoms with Crippen LogP contribution in [0, 0.1) is 12.7 Å². The molecule has 8 nitrogen and oxygen atoms in total. The highest BCUT2D eigenvalue weighted by molar-refractivity contribution is 5.93. The van der Waals surface area contributed by atoms with E-state index in [1.165, 1.54) is 25.6 Å². The van der Waals surface area contributed by atoms with E-state index >= 15 is 0 Å². The first-order valence-electron chi connectivity index (χ1n) is 9.07. The molecule has 154 valence electrons. The predicted octanol–water partition coefficient (Wildman–Crippen LogP) is 2.50. The number of phenolic OH excluding ortho intramolecular Hbond substituents is 1. The van der Waals surface area contributed by atoms with Gasteiger partial charge in [-0.1, -0.05) is 0 Å². The molecule has 3 rings (SSSR count). The summed E-state index contributed by atoms with van der Waals surface area (Å²) in [6, 6.07) is 5.92. The maximum absolute atomic E-state index is 14.3. The third-order valence-electron chi connectivity index (χ3n) is 4.37. The van der Waals surface area contributed by atoms with Gasteiger partial charge in [0.25, 0.3) is 0 Å². The van der Waals surface area contributed by atoms with Crippen LogP contribution >= 0.6 is 0 Å². The Kier molecular flexibility index (Phi) is 6.63. The van der Waals surface area contributed by atoms with Crippen molar-refractivity contribution in [2.75, 3.05) is 38.7 Å². The highest BCUT2D eigenvalue weighted by atomic mass is 19.1. The number of halogens is 1. The van der Waals surface area contributed by atoms with Crippen molar-refractivity contribution in [2.24, 2.45) is 0 Å². The van der Waals surface area contributed by atoms with E-state index in [0.717, 1.165) is 0 Å². The Bertz CT molecular complexity index is 1000. The number of rotatable bonds is 9. The van der Waals surface area contributed by atoms with Gasteiger partial charge in [0.15, 0.2) is 11.5 Å². The van der Waals surface area contributed by atoms with Crippen LogP contribution in [-0.4, -0.2) is 53.6 Å². The van der Waals surface area contributed by atoms with Crippen molar-refractivity contribution in [2.45, 2.75) is 6.92 Å². The van der Waals surface area contributed by atoms with Gasteiger partial charge in [0.1, 0.15) is 30.3 Å². The molecule has 0 saturated heterocycles. The van der Waals surface area contributed by atoms with Crippen LogP contribution in [0.1, 0.15) is 5.56 Å². The van der Waals surface area contributed by atoms with Crippen molar-refractivity contribution in [1.82, 2.24) is 15.3 Å². The molecule has 0 radical (unpaired) electrons. The molecule has 9 heteroatoms. The minimum absolute atomic E-state index is 0.0182. The number of nitrogens with zero attached hydrogens (tertiary/aromatic N) is 2. The van der Waals surface area contributed by atoms with Crippen molar-refractivity contribution in [3.8, 4) is 17.2 Å². The van der Waals surface area contributed by atoms with Crippen LogP contribution < -0.4 is 20.1 Å². The Balaban J connectivity index is 1.92. The summed E-state index contributed by atoms with van der Waals surface area (Å²) in [5.41, 5.74) is 1.10. The smallest absolute Gasteiger partial charge is 0.163 e. The summed E-state index contributed by atoms with van der Waals surface area (Å²) in [5, 5.41) is 25.2. The highest BCUT2D eigenvalue weighted by Gasteiger charge is 2.15. The largest absolute Gasteiger partial charge is 0.508 e. The van der Waals surface area contributed by atoms with Crippen LogP contribution in [0.15, 0.2) is 30.6 Å². The monoisotopic (exact) mass is 402 g/mol. The molecule has 0 unspecified atom stereocenters. The zero-order valence-electron chi connectivity index (χ0n) is 16.2. The Hall–Kier alpha value is -3.17. The number of methoxy groups -OCH3 is 1. The van der Waals surface area contributed by atoms with E-state index in [1.54, 1.807) is 19.1 Å². The number of fused-ring (bicyclic) bond motifs is 1. The van der Waals surface area contributed by atoms with Gasteiger partial charge < -0.3 is 30.3 Å². The van der Waals surface area contributed by atoms with E-state index < -0.39 is 5.82 Å². The Morgan fingerprint density at radius 1 is 1.14 bits per heavy atom. The number of benzene rings is 2. The van der Waals surface area contributed by atoms with Crippen molar-refractivity contribution in [3.63, 3.8) is 0 Å². The summed E-state index contributed by atoms with van der Waals surface area (Å²) in [5.74, 6) is 0.836. The number of aliphatic hydroxyl groups is 1. The fourth-order valence-corrected chi connectivity index (χ4v) is 2.81. The van der Waals surface area contributed by atoms with E-state index in [1.807, 2.05) is 0 Å². The molecule has 0 amide bonds. The van der Waals surface area contributed by atoms with Crippen LogP contribution in [0.4, 0.5) is 15.9 Å². The zero-order valence-corrected chi connectivity index (χ0v) is 16.2. The average Bonchev–Trinajstić information content (AvgIpc) is 2.73. The first kappa shape index (κ1) is 20.6. The Morgan fingerprint density at radius 2 is 1.97 bits per heavy atom. The Morgan fingerprint density at radius 3 is 2.72 bits per heavy atom. The Labute approximate surface area is 167 Å². The number of phenols is 1. The molecule has 0 saturated carbocycles. The molecule has 29 heavy (non-hydrogen) atoms. The number of aromatic nitrogens is 2. The molecular weight excluding hydrogens is 379 g/mol. The van der Waals surface area contributed by atoms with Crippen molar-refractivity contribution in [3.05, 3.63) is 42.0 Å². The van der Waals surface area contributed by atoms with E-state index in [2.05, 4.69) is 20.6 Å². The molecule has 0 aliphatic carbocycles. The van der Waals surface area contributed by atoms with Gasteiger partial charge in [0.05, 0.1) is 24.9 Å². The molecule has 0 spiro atoms. The van der Waals surface area contributed by atoms with Gasteiger partial charge in [-0.25, -0.2) is 14.4 Å². The maximum atomic E-state index is 14.3. The topological polar surface area (TPSA) is 109 Å². The lowest BCUT2D eigenvalue weighted by molar-refractivity contribution is 0.269. The fraction of sp³-hybridized carbons (Fsp3) is 0.300. The van der Waals surface area contributed by atoms with Crippen LogP contribution in [0.3, 0.4) is 0 Å². The molecule has 0 aliphatic rings. The standard InChI is InChI=1S/C20H23FN4O4/c1-12-16(27)4-3-14(21)19(12)25-20-13-9-17(28-2)18(10-15(13)23-11-24-20)29-8-6-22-5-7-26/h3-4,9-11,22,26-27H,5-8H2,1-2H3,(H,23,24,25). The van der Waals surface area contributed by atoms with Crippen LogP contribution in [0.25, 0.3) is 10.9 Å². The lowest BCUT2D eigenvalue weighted by Gasteiger charge is -2.15. The van der Waals surface area contributed by atoms with Gasteiger partial charge >= 0.3 is 0 Å². The van der Waals surface area contributed by atoms with E-state index in [0.29, 0.717) is 53.5 Å². The van der Waals surface area contributed by atoms with Crippen LogP contribution in [0.2, 0.25) is 0 Å². The predicted molar refractivity (Wildman–Crippen MR) is 108 cm³/mol. The second-order valence-corrected chi connectivity index (χ2v) is 6.26. The van der Waals surface area contributed by atoms with Gasteiger partial charge in [-0.2, -0.15) is 0 Å². The lowest BCUT2D eigenvalue weighted by atomic mass is 10.1. The number of nitrogens with one attached hydrogen (secondary N) is 2.